The summed E-state index contributed by atoms with van der Waals surface area (Å²) in [6.07, 6.45) is 3.88. The van der Waals surface area contributed by atoms with Crippen LogP contribution in [0.5, 0.6) is 5.75 Å². The number of hydrogen-bond donors (Lipinski definition) is 3. The second kappa shape index (κ2) is 13.8. The van der Waals surface area contributed by atoms with Crippen LogP contribution >= 0.6 is 11.6 Å². The third-order valence-corrected chi connectivity index (χ3v) is 5.78. The number of aliphatic carboxylic acids is 1. The molecule has 0 spiro atoms. The number of aliphatic hydroxyl groups excluding tert-OH is 1. The van der Waals surface area contributed by atoms with E-state index < -0.39 is 22.1 Å². The molecule has 1 aromatic rings. The zero-order chi connectivity index (χ0) is 20.8. The molecule has 0 radical (unpaired) electrons. The second-order valence-corrected chi connectivity index (χ2v) is 9.05. The molecule has 0 aliphatic rings. The average Bonchev–Trinajstić information content (AvgIpc) is 2.62. The van der Waals surface area contributed by atoms with Gasteiger partial charge in [-0.1, -0.05) is 30.5 Å². The van der Waals surface area contributed by atoms with E-state index >= 15 is 0 Å². The molecule has 28 heavy (non-hydrogen) atoms. The first-order valence-corrected chi connectivity index (χ1v) is 11.6. The van der Waals surface area contributed by atoms with E-state index in [1.165, 1.54) is 0 Å². The van der Waals surface area contributed by atoms with Gasteiger partial charge < -0.3 is 14.9 Å². The number of ether oxygens (including phenoxy) is 1. The van der Waals surface area contributed by atoms with Crippen molar-refractivity contribution in [3.8, 4) is 5.75 Å². The molecule has 0 saturated carbocycles. The number of carboxylic acids is 1. The lowest BCUT2D eigenvalue weighted by Crippen LogP contribution is -2.27. The number of aliphatic hydroxyl groups is 1. The molecule has 1 aromatic carbocycles. The normalized spacial score (nSPS) is 12.6. The molecular formula is C19H30ClNO6S. The van der Waals surface area contributed by atoms with Gasteiger partial charge in [-0.25, -0.2) is 13.1 Å². The third-order valence-electron chi connectivity index (χ3n) is 4.08. The molecule has 7 nitrogen and oxygen atoms in total. The molecule has 9 heteroatoms. The maximum absolute atomic E-state index is 11.9. The van der Waals surface area contributed by atoms with Gasteiger partial charge in [-0.3, -0.25) is 4.79 Å². The Labute approximate surface area is 172 Å². The number of carboxylic acid groups (broad SMARTS) is 1. The number of hydrogen-bond acceptors (Lipinski definition) is 5. The van der Waals surface area contributed by atoms with Crippen LogP contribution in [-0.2, 0) is 14.8 Å². The molecule has 1 unspecified atom stereocenters. The summed E-state index contributed by atoms with van der Waals surface area (Å²) in [5.74, 6) is -0.198. The van der Waals surface area contributed by atoms with E-state index in [0.717, 1.165) is 12.8 Å². The minimum atomic E-state index is -3.32. The Bertz CT molecular complexity index is 683. The van der Waals surface area contributed by atoms with Crippen molar-refractivity contribution < 1.29 is 28.2 Å². The van der Waals surface area contributed by atoms with Gasteiger partial charge in [-0.05, 0) is 50.3 Å². The first kappa shape index (κ1) is 24.7. The topological polar surface area (TPSA) is 113 Å². The Balaban J connectivity index is 2.06. The van der Waals surface area contributed by atoms with Gasteiger partial charge in [-0.2, -0.15) is 0 Å². The molecule has 0 heterocycles. The summed E-state index contributed by atoms with van der Waals surface area (Å²) < 4.78 is 31.8. The van der Waals surface area contributed by atoms with E-state index in [2.05, 4.69) is 4.72 Å². The minimum Gasteiger partial charge on any atom is -0.491 e. The van der Waals surface area contributed by atoms with Crippen LogP contribution in [0.4, 0.5) is 0 Å². The van der Waals surface area contributed by atoms with Crippen LogP contribution in [0, 0.1) is 0 Å². The Kier molecular flexibility index (Phi) is 12.1. The number of unbranched alkanes of at least 4 members (excludes halogenated alkanes) is 4. The van der Waals surface area contributed by atoms with Gasteiger partial charge in [0.2, 0.25) is 10.0 Å². The van der Waals surface area contributed by atoms with E-state index in [1.807, 2.05) is 0 Å². The van der Waals surface area contributed by atoms with Crippen LogP contribution < -0.4 is 9.46 Å². The Morgan fingerprint density at radius 2 is 1.89 bits per heavy atom. The van der Waals surface area contributed by atoms with Crippen molar-refractivity contribution >= 4 is 27.6 Å². The molecule has 160 valence electrons. The van der Waals surface area contributed by atoms with Crippen LogP contribution in [0.25, 0.3) is 0 Å². The smallest absolute Gasteiger partial charge is 0.303 e. The lowest BCUT2D eigenvalue weighted by Gasteiger charge is -2.12. The first-order chi connectivity index (χ1) is 13.3. The van der Waals surface area contributed by atoms with Crippen molar-refractivity contribution in [1.82, 2.24) is 4.72 Å². The largest absolute Gasteiger partial charge is 0.491 e. The van der Waals surface area contributed by atoms with Gasteiger partial charge >= 0.3 is 5.97 Å². The SMILES string of the molecule is O=C(O)CCCCCCNS(=O)(=O)CCCCC(O)COc1cccc(Cl)c1. The molecule has 0 aliphatic carbocycles. The van der Waals surface area contributed by atoms with Crippen LogP contribution in [0.1, 0.15) is 51.4 Å². The molecule has 3 N–H and O–H groups in total. The number of nitrogens with one attached hydrogen (secondary N) is 1. The maximum Gasteiger partial charge on any atom is 0.303 e. The molecule has 1 rings (SSSR count). The van der Waals surface area contributed by atoms with Gasteiger partial charge in [0.15, 0.2) is 0 Å². The molecule has 0 aromatic heterocycles. The molecule has 0 bridgehead atoms. The Morgan fingerprint density at radius 1 is 1.14 bits per heavy atom. The fourth-order valence-electron chi connectivity index (χ4n) is 2.56. The van der Waals surface area contributed by atoms with Gasteiger partial charge in [0.05, 0.1) is 11.9 Å². The Morgan fingerprint density at radius 3 is 2.61 bits per heavy atom. The molecule has 1 atom stereocenters. The van der Waals surface area contributed by atoms with Crippen molar-refractivity contribution in [2.75, 3.05) is 18.9 Å². The fourth-order valence-corrected chi connectivity index (χ4v) is 3.92. The van der Waals surface area contributed by atoms with Crippen LogP contribution in [0.3, 0.4) is 0 Å². The van der Waals surface area contributed by atoms with Crippen molar-refractivity contribution in [2.45, 2.75) is 57.5 Å². The highest BCUT2D eigenvalue weighted by Gasteiger charge is 2.11. The predicted molar refractivity (Wildman–Crippen MR) is 109 cm³/mol. The first-order valence-electron chi connectivity index (χ1n) is 9.54. The number of halogens is 1. The zero-order valence-electron chi connectivity index (χ0n) is 16.0. The monoisotopic (exact) mass is 435 g/mol. The summed E-state index contributed by atoms with van der Waals surface area (Å²) >= 11 is 5.86. The number of rotatable bonds is 16. The third kappa shape index (κ3) is 12.9. The van der Waals surface area contributed by atoms with E-state index in [9.17, 15) is 18.3 Å². The minimum absolute atomic E-state index is 0.0217. The van der Waals surface area contributed by atoms with Crippen molar-refractivity contribution in [2.24, 2.45) is 0 Å². The number of sulfonamides is 1. The van der Waals surface area contributed by atoms with E-state index in [-0.39, 0.29) is 18.8 Å². The summed E-state index contributed by atoms with van der Waals surface area (Å²) in [6.45, 7) is 0.499. The number of benzene rings is 1. The maximum atomic E-state index is 11.9. The van der Waals surface area contributed by atoms with E-state index in [0.29, 0.717) is 49.4 Å². The average molecular weight is 436 g/mol. The molecule has 0 aliphatic heterocycles. The lowest BCUT2D eigenvalue weighted by atomic mass is 10.1. The molecular weight excluding hydrogens is 406 g/mol. The van der Waals surface area contributed by atoms with Gasteiger partial charge in [-0.15, -0.1) is 0 Å². The van der Waals surface area contributed by atoms with Crippen molar-refractivity contribution in [3.63, 3.8) is 0 Å². The Hall–Kier alpha value is -1.35. The van der Waals surface area contributed by atoms with E-state index in [4.69, 9.17) is 21.4 Å². The predicted octanol–water partition coefficient (Wildman–Crippen LogP) is 3.20. The van der Waals surface area contributed by atoms with Gasteiger partial charge in [0.1, 0.15) is 12.4 Å². The van der Waals surface area contributed by atoms with E-state index in [1.54, 1.807) is 24.3 Å². The van der Waals surface area contributed by atoms with Gasteiger partial charge in [0.25, 0.3) is 0 Å². The van der Waals surface area contributed by atoms with Crippen LogP contribution in [0.2, 0.25) is 5.02 Å². The summed E-state index contributed by atoms with van der Waals surface area (Å²) in [5, 5.41) is 19.0. The van der Waals surface area contributed by atoms with Crippen LogP contribution in [-0.4, -0.2) is 49.6 Å². The number of carbonyl (C=O) groups is 1. The second-order valence-electron chi connectivity index (χ2n) is 6.69. The highest BCUT2D eigenvalue weighted by atomic mass is 35.5. The summed E-state index contributed by atoms with van der Waals surface area (Å²) in [7, 11) is -3.32. The molecule has 0 amide bonds. The van der Waals surface area contributed by atoms with Crippen molar-refractivity contribution in [3.05, 3.63) is 29.3 Å². The van der Waals surface area contributed by atoms with Crippen LogP contribution in [0.15, 0.2) is 24.3 Å². The lowest BCUT2D eigenvalue weighted by molar-refractivity contribution is -0.137. The summed E-state index contributed by atoms with van der Waals surface area (Å²) in [5.41, 5.74) is 0. The van der Waals surface area contributed by atoms with Crippen molar-refractivity contribution in [1.29, 1.82) is 0 Å². The standard InChI is InChI=1S/C19H30ClNO6S/c20-16-8-7-10-18(14-16)27-15-17(22)9-4-6-13-28(25,26)21-12-5-2-1-3-11-19(23)24/h7-8,10,14,17,21-22H,1-6,9,11-13,15H2,(H,23,24). The quantitative estimate of drug-likeness (QED) is 0.343. The molecule has 0 fully saturated rings. The summed E-state index contributed by atoms with van der Waals surface area (Å²) in [4.78, 5) is 10.4. The zero-order valence-corrected chi connectivity index (χ0v) is 17.6. The highest BCUT2D eigenvalue weighted by molar-refractivity contribution is 7.89. The highest BCUT2D eigenvalue weighted by Crippen LogP contribution is 2.17. The van der Waals surface area contributed by atoms with Gasteiger partial charge in [0, 0.05) is 18.0 Å². The summed E-state index contributed by atoms with van der Waals surface area (Å²) in [6, 6.07) is 6.92. The molecule has 0 saturated heterocycles. The fraction of sp³-hybridized carbons (Fsp3) is 0.632.